The highest BCUT2D eigenvalue weighted by molar-refractivity contribution is 6.32. The number of rotatable bonds is 7. The lowest BCUT2D eigenvalue weighted by molar-refractivity contribution is -0.121. The molecule has 0 atom stereocenters. The Kier molecular flexibility index (Phi) is 6.67. The molecular weight excluding hydrogens is 362 g/mol. The van der Waals surface area contributed by atoms with Gasteiger partial charge in [-0.2, -0.15) is 10.2 Å². The summed E-state index contributed by atoms with van der Waals surface area (Å²) in [5.74, 6) is 0.168. The van der Waals surface area contributed by atoms with Gasteiger partial charge in [-0.1, -0.05) is 11.6 Å². The largest absolute Gasteiger partial charge is 0.489 e. The van der Waals surface area contributed by atoms with E-state index in [2.05, 4.69) is 20.7 Å². The van der Waals surface area contributed by atoms with Gasteiger partial charge in [-0.05, 0) is 37.6 Å². The van der Waals surface area contributed by atoms with Crippen molar-refractivity contribution in [3.8, 4) is 5.75 Å². The molecule has 2 aromatic rings. The average Bonchev–Trinajstić information content (AvgIpc) is 2.56. The second kappa shape index (κ2) is 8.95. The number of aromatic amines is 2. The Morgan fingerprint density at radius 1 is 1.42 bits per heavy atom. The number of halogens is 1. The Morgan fingerprint density at radius 2 is 2.19 bits per heavy atom. The summed E-state index contributed by atoms with van der Waals surface area (Å²) in [6.07, 6.45) is 1.51. The van der Waals surface area contributed by atoms with E-state index >= 15 is 0 Å². The number of carbonyl (C=O) groups excluding carboxylic acids is 1. The van der Waals surface area contributed by atoms with Crippen LogP contribution in [0.5, 0.6) is 5.75 Å². The number of hydrogen-bond acceptors (Lipinski definition) is 6. The lowest BCUT2D eigenvalue weighted by Gasteiger charge is -2.11. The van der Waals surface area contributed by atoms with E-state index < -0.39 is 17.2 Å². The molecule has 3 N–H and O–H groups in total. The zero-order valence-corrected chi connectivity index (χ0v) is 15.0. The van der Waals surface area contributed by atoms with Crippen LogP contribution in [0.25, 0.3) is 0 Å². The third-order valence-corrected chi connectivity index (χ3v) is 3.39. The molecule has 26 heavy (non-hydrogen) atoms. The molecule has 1 amide bonds. The number of benzene rings is 1. The Hall–Kier alpha value is -2.94. The summed E-state index contributed by atoms with van der Waals surface area (Å²) < 4.78 is 5.53. The molecule has 1 aromatic heterocycles. The Morgan fingerprint density at radius 3 is 2.85 bits per heavy atom. The first-order valence-electron chi connectivity index (χ1n) is 7.81. The topological polar surface area (TPSA) is 129 Å². The van der Waals surface area contributed by atoms with E-state index in [1.165, 1.54) is 6.21 Å². The summed E-state index contributed by atoms with van der Waals surface area (Å²) >= 11 is 6.12. The number of ether oxygens (including phenoxy) is 1. The maximum atomic E-state index is 11.7. The van der Waals surface area contributed by atoms with Gasteiger partial charge in [0.1, 0.15) is 11.4 Å². The number of nitrogens with one attached hydrogen (secondary N) is 3. The standard InChI is InChI=1S/C16H18ClN5O4/c1-9(2)26-13-5-3-10(7-11(13)17)8-18-21-14(23)6-4-12-15(24)19-16(25)22-20-12/h3,5,7-9H,4,6H2,1-2H3,(H,21,23)(H2,19,22,24,25)/b18-8+. The van der Waals surface area contributed by atoms with Crippen LogP contribution in [0, 0.1) is 0 Å². The summed E-state index contributed by atoms with van der Waals surface area (Å²) in [5, 5.41) is 9.97. The van der Waals surface area contributed by atoms with Crippen LogP contribution in [0.2, 0.25) is 5.02 Å². The minimum Gasteiger partial charge on any atom is -0.489 e. The van der Waals surface area contributed by atoms with Gasteiger partial charge in [-0.3, -0.25) is 14.6 Å². The van der Waals surface area contributed by atoms with Crippen molar-refractivity contribution in [1.29, 1.82) is 0 Å². The molecule has 10 heteroatoms. The molecule has 1 heterocycles. The molecule has 0 radical (unpaired) electrons. The fourth-order valence-corrected chi connectivity index (χ4v) is 2.19. The lowest BCUT2D eigenvalue weighted by Crippen LogP contribution is -2.28. The first kappa shape index (κ1) is 19.4. The summed E-state index contributed by atoms with van der Waals surface area (Å²) in [6, 6.07) is 5.14. The predicted octanol–water partition coefficient (Wildman–Crippen LogP) is 0.982. The fourth-order valence-electron chi connectivity index (χ4n) is 1.96. The summed E-state index contributed by atoms with van der Waals surface area (Å²) in [5.41, 5.74) is 1.77. The minimum atomic E-state index is -0.698. The first-order valence-corrected chi connectivity index (χ1v) is 8.19. The van der Waals surface area contributed by atoms with E-state index in [1.54, 1.807) is 18.2 Å². The molecule has 0 aliphatic rings. The van der Waals surface area contributed by atoms with E-state index in [0.29, 0.717) is 16.3 Å². The maximum Gasteiger partial charge on any atom is 0.342 e. The van der Waals surface area contributed by atoms with E-state index in [1.807, 2.05) is 18.8 Å². The lowest BCUT2D eigenvalue weighted by atomic mass is 10.2. The van der Waals surface area contributed by atoms with E-state index in [9.17, 15) is 14.4 Å². The van der Waals surface area contributed by atoms with Crippen LogP contribution in [0.15, 0.2) is 32.9 Å². The van der Waals surface area contributed by atoms with Crippen LogP contribution in [-0.2, 0) is 11.2 Å². The van der Waals surface area contributed by atoms with Crippen LogP contribution >= 0.6 is 11.6 Å². The van der Waals surface area contributed by atoms with Gasteiger partial charge < -0.3 is 4.74 Å². The number of aryl methyl sites for hydroxylation is 1. The zero-order valence-electron chi connectivity index (χ0n) is 14.2. The van der Waals surface area contributed by atoms with Crippen molar-refractivity contribution < 1.29 is 9.53 Å². The zero-order chi connectivity index (χ0) is 19.1. The maximum absolute atomic E-state index is 11.7. The molecule has 0 unspecified atom stereocenters. The van der Waals surface area contributed by atoms with Crippen molar-refractivity contribution in [3.05, 3.63) is 55.3 Å². The molecule has 0 aliphatic heterocycles. The molecule has 0 saturated carbocycles. The third kappa shape index (κ3) is 5.85. The van der Waals surface area contributed by atoms with Crippen molar-refractivity contribution in [1.82, 2.24) is 20.6 Å². The van der Waals surface area contributed by atoms with Crippen LogP contribution in [0.4, 0.5) is 0 Å². The normalized spacial score (nSPS) is 11.1. The average molecular weight is 380 g/mol. The van der Waals surface area contributed by atoms with Gasteiger partial charge in [-0.15, -0.1) is 0 Å². The highest BCUT2D eigenvalue weighted by Crippen LogP contribution is 2.25. The summed E-state index contributed by atoms with van der Waals surface area (Å²) in [7, 11) is 0. The van der Waals surface area contributed by atoms with Gasteiger partial charge in [0.25, 0.3) is 5.56 Å². The van der Waals surface area contributed by atoms with E-state index in [-0.39, 0.29) is 24.6 Å². The Balaban J connectivity index is 1.87. The van der Waals surface area contributed by atoms with Gasteiger partial charge in [-0.25, -0.2) is 15.3 Å². The smallest absolute Gasteiger partial charge is 0.342 e. The number of aromatic nitrogens is 3. The molecule has 0 bridgehead atoms. The first-order chi connectivity index (χ1) is 12.3. The molecular formula is C16H18ClN5O4. The second-order valence-corrected chi connectivity index (χ2v) is 6.01. The number of nitrogens with zero attached hydrogens (tertiary/aromatic N) is 2. The fraction of sp³-hybridized carbons (Fsp3) is 0.312. The summed E-state index contributed by atoms with van der Waals surface area (Å²) in [4.78, 5) is 36.1. The van der Waals surface area contributed by atoms with Crippen LogP contribution in [-0.4, -0.2) is 33.4 Å². The Bertz CT molecular complexity index is 919. The molecule has 0 aliphatic carbocycles. The monoisotopic (exact) mass is 379 g/mol. The minimum absolute atomic E-state index is 0.00970. The highest BCUT2D eigenvalue weighted by atomic mass is 35.5. The van der Waals surface area contributed by atoms with E-state index in [0.717, 1.165) is 0 Å². The molecule has 0 fully saturated rings. The van der Waals surface area contributed by atoms with Gasteiger partial charge in [0.05, 0.1) is 17.3 Å². The van der Waals surface area contributed by atoms with Crippen LogP contribution in [0.3, 0.4) is 0 Å². The van der Waals surface area contributed by atoms with Gasteiger partial charge in [0.15, 0.2) is 0 Å². The quantitative estimate of drug-likeness (QED) is 0.487. The van der Waals surface area contributed by atoms with E-state index in [4.69, 9.17) is 16.3 Å². The van der Waals surface area contributed by atoms with Gasteiger partial charge in [0.2, 0.25) is 5.91 Å². The van der Waals surface area contributed by atoms with Crippen molar-refractivity contribution in [2.45, 2.75) is 32.8 Å². The number of amides is 1. The third-order valence-electron chi connectivity index (χ3n) is 3.09. The van der Waals surface area contributed by atoms with Crippen molar-refractivity contribution in [2.24, 2.45) is 5.10 Å². The van der Waals surface area contributed by atoms with Crippen molar-refractivity contribution in [3.63, 3.8) is 0 Å². The summed E-state index contributed by atoms with van der Waals surface area (Å²) in [6.45, 7) is 3.80. The SMILES string of the molecule is CC(C)Oc1ccc(/C=N/NC(=O)CCc2n[nH]c(=O)[nH]c2=O)cc1Cl. The Labute approximate surface area is 153 Å². The molecule has 0 spiro atoms. The van der Waals surface area contributed by atoms with Crippen molar-refractivity contribution in [2.75, 3.05) is 0 Å². The molecule has 9 nitrogen and oxygen atoms in total. The van der Waals surface area contributed by atoms with Crippen LogP contribution in [0.1, 0.15) is 31.5 Å². The predicted molar refractivity (Wildman–Crippen MR) is 96.8 cm³/mol. The van der Waals surface area contributed by atoms with Gasteiger partial charge in [0, 0.05) is 12.8 Å². The number of hydrazone groups is 1. The number of H-pyrrole nitrogens is 2. The van der Waals surface area contributed by atoms with Gasteiger partial charge >= 0.3 is 5.69 Å². The number of hydrogen-bond donors (Lipinski definition) is 3. The molecule has 1 aromatic carbocycles. The molecule has 0 saturated heterocycles. The number of carbonyl (C=O) groups is 1. The molecule has 138 valence electrons. The van der Waals surface area contributed by atoms with Crippen molar-refractivity contribution >= 4 is 23.7 Å². The highest BCUT2D eigenvalue weighted by Gasteiger charge is 2.07. The second-order valence-electron chi connectivity index (χ2n) is 5.60. The van der Waals surface area contributed by atoms with Crippen LogP contribution < -0.4 is 21.4 Å². The molecule has 2 rings (SSSR count).